The number of para-hydroxylation sites is 1. The maximum absolute atomic E-state index is 13.2. The van der Waals surface area contributed by atoms with Crippen molar-refractivity contribution in [1.82, 2.24) is 5.32 Å². The molecule has 2 aliphatic rings. The number of anilines is 1. The summed E-state index contributed by atoms with van der Waals surface area (Å²) in [5.74, 6) is 0. The third-order valence-corrected chi connectivity index (χ3v) is 4.46. The van der Waals surface area contributed by atoms with E-state index in [1.54, 1.807) is 18.0 Å². The van der Waals surface area contributed by atoms with Gasteiger partial charge in [0.25, 0.3) is 0 Å². The van der Waals surface area contributed by atoms with Crippen molar-refractivity contribution in [2.45, 2.75) is 24.4 Å². The van der Waals surface area contributed by atoms with E-state index in [1.807, 2.05) is 6.07 Å². The lowest BCUT2D eigenvalue weighted by molar-refractivity contribution is -0.137. The number of halogens is 3. The standard InChI is InChI=1S/C14H17F3N2/c1-19-8-6-13(5-7-18-9-13)10-3-2-4-11(12(10)19)14(15,16)17/h2-4,18H,5-9H2,1H3. The van der Waals surface area contributed by atoms with Crippen LogP contribution in [0.4, 0.5) is 18.9 Å². The lowest BCUT2D eigenvalue weighted by Gasteiger charge is -2.41. The number of nitrogens with one attached hydrogen (secondary N) is 1. The first-order valence-electron chi connectivity index (χ1n) is 6.57. The van der Waals surface area contributed by atoms with Crippen LogP contribution in [-0.2, 0) is 11.6 Å². The Bertz CT molecular complexity index is 490. The number of hydrogen-bond acceptors (Lipinski definition) is 2. The second kappa shape index (κ2) is 4.13. The maximum Gasteiger partial charge on any atom is 0.418 e. The first-order valence-corrected chi connectivity index (χ1v) is 6.57. The second-order valence-electron chi connectivity index (χ2n) is 5.58. The normalized spacial score (nSPS) is 26.8. The molecule has 3 rings (SSSR count). The van der Waals surface area contributed by atoms with Crippen molar-refractivity contribution in [2.24, 2.45) is 0 Å². The Balaban J connectivity index is 2.19. The van der Waals surface area contributed by atoms with Crippen molar-refractivity contribution >= 4 is 5.69 Å². The molecule has 19 heavy (non-hydrogen) atoms. The Morgan fingerprint density at radius 3 is 2.68 bits per heavy atom. The molecule has 0 radical (unpaired) electrons. The average Bonchev–Trinajstić information content (AvgIpc) is 2.82. The highest BCUT2D eigenvalue weighted by Crippen LogP contribution is 2.48. The van der Waals surface area contributed by atoms with Crippen LogP contribution in [0.5, 0.6) is 0 Å². The third kappa shape index (κ3) is 1.91. The lowest BCUT2D eigenvalue weighted by atomic mass is 9.73. The van der Waals surface area contributed by atoms with E-state index in [2.05, 4.69) is 5.32 Å². The van der Waals surface area contributed by atoms with Crippen molar-refractivity contribution < 1.29 is 13.2 Å². The summed E-state index contributed by atoms with van der Waals surface area (Å²) in [7, 11) is 1.75. The SMILES string of the molecule is CN1CCC2(CCNC2)c2cccc(C(F)(F)F)c21. The highest BCUT2D eigenvalue weighted by Gasteiger charge is 2.44. The molecule has 2 aliphatic heterocycles. The van der Waals surface area contributed by atoms with Gasteiger partial charge in [-0.2, -0.15) is 13.2 Å². The van der Waals surface area contributed by atoms with Crippen LogP contribution in [0.25, 0.3) is 0 Å². The minimum absolute atomic E-state index is 0.108. The van der Waals surface area contributed by atoms with Crippen LogP contribution in [0.1, 0.15) is 24.0 Å². The minimum Gasteiger partial charge on any atom is -0.374 e. The van der Waals surface area contributed by atoms with Crippen LogP contribution in [0.15, 0.2) is 18.2 Å². The van der Waals surface area contributed by atoms with Gasteiger partial charge in [0.1, 0.15) is 0 Å². The molecule has 1 saturated heterocycles. The highest BCUT2D eigenvalue weighted by atomic mass is 19.4. The van der Waals surface area contributed by atoms with Crippen LogP contribution in [-0.4, -0.2) is 26.7 Å². The molecule has 0 aliphatic carbocycles. The largest absolute Gasteiger partial charge is 0.418 e. The van der Waals surface area contributed by atoms with Gasteiger partial charge in [0.05, 0.1) is 11.3 Å². The van der Waals surface area contributed by atoms with Crippen LogP contribution < -0.4 is 10.2 Å². The number of fused-ring (bicyclic) bond motifs is 2. The second-order valence-corrected chi connectivity index (χ2v) is 5.58. The number of benzene rings is 1. The van der Waals surface area contributed by atoms with Gasteiger partial charge in [0.2, 0.25) is 0 Å². The van der Waals surface area contributed by atoms with Gasteiger partial charge in [-0.1, -0.05) is 12.1 Å². The fraction of sp³-hybridized carbons (Fsp3) is 0.571. The Labute approximate surface area is 110 Å². The zero-order valence-electron chi connectivity index (χ0n) is 10.8. The molecule has 0 bridgehead atoms. The first-order chi connectivity index (χ1) is 8.94. The summed E-state index contributed by atoms with van der Waals surface area (Å²) >= 11 is 0. The molecule has 1 atom stereocenters. The Kier molecular flexibility index (Phi) is 2.78. The van der Waals surface area contributed by atoms with Crippen LogP contribution in [0, 0.1) is 0 Å². The fourth-order valence-corrected chi connectivity index (χ4v) is 3.43. The van der Waals surface area contributed by atoms with Gasteiger partial charge in [-0.25, -0.2) is 0 Å². The quantitative estimate of drug-likeness (QED) is 0.780. The van der Waals surface area contributed by atoms with Crippen LogP contribution in [0.2, 0.25) is 0 Å². The van der Waals surface area contributed by atoms with Gasteiger partial charge in [0.15, 0.2) is 0 Å². The minimum atomic E-state index is -4.29. The zero-order valence-corrected chi connectivity index (χ0v) is 10.8. The summed E-state index contributed by atoms with van der Waals surface area (Å²) in [6.07, 6.45) is -2.44. The van der Waals surface area contributed by atoms with Crippen molar-refractivity contribution in [3.8, 4) is 0 Å². The molecule has 1 fully saturated rings. The van der Waals surface area contributed by atoms with Crippen molar-refractivity contribution in [3.63, 3.8) is 0 Å². The van der Waals surface area contributed by atoms with Crippen molar-refractivity contribution in [3.05, 3.63) is 29.3 Å². The lowest BCUT2D eigenvalue weighted by Crippen LogP contribution is -2.41. The van der Waals surface area contributed by atoms with Crippen molar-refractivity contribution in [2.75, 3.05) is 31.6 Å². The average molecular weight is 270 g/mol. The van der Waals surface area contributed by atoms with E-state index in [0.29, 0.717) is 12.2 Å². The summed E-state index contributed by atoms with van der Waals surface area (Å²) in [5.41, 5.74) is 0.632. The van der Waals surface area contributed by atoms with E-state index in [0.717, 1.165) is 31.5 Å². The predicted octanol–water partition coefficient (Wildman–Crippen LogP) is 2.78. The highest BCUT2D eigenvalue weighted by molar-refractivity contribution is 5.65. The smallest absolute Gasteiger partial charge is 0.374 e. The monoisotopic (exact) mass is 270 g/mol. The summed E-state index contributed by atoms with van der Waals surface area (Å²) in [6.45, 7) is 2.36. The molecule has 0 aromatic heterocycles. The molecule has 1 N–H and O–H groups in total. The molecule has 5 heteroatoms. The zero-order chi connectivity index (χ0) is 13.7. The van der Waals surface area contributed by atoms with Crippen LogP contribution >= 0.6 is 0 Å². The molecule has 0 amide bonds. The molecule has 1 unspecified atom stereocenters. The molecule has 2 heterocycles. The Morgan fingerprint density at radius 2 is 2.05 bits per heavy atom. The van der Waals surface area contributed by atoms with E-state index in [4.69, 9.17) is 0 Å². The maximum atomic E-state index is 13.2. The summed E-state index contributed by atoms with van der Waals surface area (Å²) < 4.78 is 39.5. The van der Waals surface area contributed by atoms with Gasteiger partial charge < -0.3 is 10.2 Å². The van der Waals surface area contributed by atoms with E-state index in [-0.39, 0.29) is 5.41 Å². The van der Waals surface area contributed by atoms with Gasteiger partial charge in [-0.15, -0.1) is 0 Å². The molecule has 2 nitrogen and oxygen atoms in total. The summed E-state index contributed by atoms with van der Waals surface area (Å²) in [4.78, 5) is 1.75. The van der Waals surface area contributed by atoms with Gasteiger partial charge in [-0.3, -0.25) is 0 Å². The van der Waals surface area contributed by atoms with E-state index in [9.17, 15) is 13.2 Å². The number of hydrogen-bond donors (Lipinski definition) is 1. The Morgan fingerprint density at radius 1 is 1.26 bits per heavy atom. The number of rotatable bonds is 0. The van der Waals surface area contributed by atoms with Crippen LogP contribution in [0.3, 0.4) is 0 Å². The first kappa shape index (κ1) is 12.8. The number of nitrogens with zero attached hydrogens (tertiary/aromatic N) is 1. The van der Waals surface area contributed by atoms with E-state index >= 15 is 0 Å². The van der Waals surface area contributed by atoms with Gasteiger partial charge >= 0.3 is 6.18 Å². The molecular weight excluding hydrogens is 253 g/mol. The molecule has 1 aromatic rings. The van der Waals surface area contributed by atoms with E-state index in [1.165, 1.54) is 6.07 Å². The fourth-order valence-electron chi connectivity index (χ4n) is 3.43. The molecule has 1 spiro atoms. The summed E-state index contributed by atoms with van der Waals surface area (Å²) in [5, 5.41) is 3.30. The third-order valence-electron chi connectivity index (χ3n) is 4.46. The van der Waals surface area contributed by atoms with Gasteiger partial charge in [-0.05, 0) is 31.0 Å². The Hall–Kier alpha value is -1.23. The molecule has 0 saturated carbocycles. The number of alkyl halides is 3. The molecule has 104 valence electrons. The summed E-state index contributed by atoms with van der Waals surface area (Å²) in [6, 6.07) is 4.60. The molecule has 1 aromatic carbocycles. The van der Waals surface area contributed by atoms with Gasteiger partial charge in [0, 0.05) is 25.6 Å². The topological polar surface area (TPSA) is 15.3 Å². The van der Waals surface area contributed by atoms with Crippen molar-refractivity contribution in [1.29, 1.82) is 0 Å². The van der Waals surface area contributed by atoms with E-state index < -0.39 is 11.7 Å². The predicted molar refractivity (Wildman–Crippen MR) is 68.5 cm³/mol. The molecular formula is C14H17F3N2.